The minimum Gasteiger partial charge on any atom is -0.402 e. The molecule has 0 bridgehead atoms. The van der Waals surface area contributed by atoms with Crippen molar-refractivity contribution in [3.8, 4) is 0 Å². The molecule has 0 saturated heterocycles. The van der Waals surface area contributed by atoms with Gasteiger partial charge in [-0.2, -0.15) is 35.9 Å². The summed E-state index contributed by atoms with van der Waals surface area (Å²) in [6, 6.07) is 10.8. The first kappa shape index (κ1) is 14.3. The molecule has 0 atom stereocenters. The molecule has 3 N–H and O–H groups in total. The third-order valence-corrected chi connectivity index (χ3v) is 0.863. The molecule has 5 heteroatoms. The Morgan fingerprint density at radius 3 is 2.00 bits per heavy atom. The Balaban J connectivity index is 0. The molecule has 1 aromatic rings. The summed E-state index contributed by atoms with van der Waals surface area (Å²) in [6.07, 6.45) is 0. The van der Waals surface area contributed by atoms with Crippen LogP contribution in [0.25, 0.3) is 0 Å². The van der Waals surface area contributed by atoms with E-state index in [4.69, 9.17) is 15.1 Å². The molecule has 3 nitrogen and oxygen atoms in total. The van der Waals surface area contributed by atoms with Crippen molar-refractivity contribution in [2.75, 3.05) is 0 Å². The van der Waals surface area contributed by atoms with Crippen molar-refractivity contribution in [2.24, 2.45) is 0 Å². The second-order valence-corrected chi connectivity index (χ2v) is 1.93. The molecule has 0 fully saturated rings. The van der Waals surface area contributed by atoms with E-state index in [1.54, 1.807) is 0 Å². The van der Waals surface area contributed by atoms with Gasteiger partial charge in [-0.15, -0.1) is 0 Å². The summed E-state index contributed by atoms with van der Waals surface area (Å²) >= 11 is 0. The van der Waals surface area contributed by atoms with Crippen LogP contribution in [-0.2, 0) is 0 Å². The fraction of sp³-hybridized carbons (Fsp3) is 0.143. The number of rotatable bonds is 0. The maximum Gasteiger partial charge on any atom is 1.00 e. The van der Waals surface area contributed by atoms with Gasteiger partial charge in [0.2, 0.25) is 0 Å². The van der Waals surface area contributed by atoms with E-state index in [0.717, 1.165) is 0 Å². The molecule has 0 unspecified atom stereocenters. The smallest absolute Gasteiger partial charge is 0.402 e. The first-order valence-electron chi connectivity index (χ1n) is 3.10. The number of benzene rings is 1. The van der Waals surface area contributed by atoms with E-state index >= 15 is 0 Å². The van der Waals surface area contributed by atoms with Gasteiger partial charge in [0.15, 0.2) is 0 Å². The summed E-state index contributed by atoms with van der Waals surface area (Å²) < 4.78 is 0. The van der Waals surface area contributed by atoms with Gasteiger partial charge < -0.3 is 15.1 Å². The van der Waals surface area contributed by atoms with Crippen LogP contribution in [-0.4, -0.2) is 22.4 Å². The molecule has 0 aliphatic heterocycles. The summed E-state index contributed by atoms with van der Waals surface area (Å²) in [6.45, 7) is 2.05. The van der Waals surface area contributed by atoms with E-state index in [9.17, 15) is 0 Å². The van der Waals surface area contributed by atoms with Gasteiger partial charge in [0.1, 0.15) is 0 Å². The summed E-state index contributed by atoms with van der Waals surface area (Å²) in [4.78, 5) is 0. The SMILES string of the molecule is Cc1c[c-]ccc1.OB(O)O.[Li+]. The molecule has 0 aromatic heterocycles. The molecular formula is C7H10BLiO3. The van der Waals surface area contributed by atoms with Crippen molar-refractivity contribution in [2.45, 2.75) is 6.92 Å². The number of hydrogen-bond donors (Lipinski definition) is 3. The van der Waals surface area contributed by atoms with Crippen LogP contribution in [0.2, 0.25) is 0 Å². The minimum atomic E-state index is -2.17. The molecule has 0 amide bonds. The summed E-state index contributed by atoms with van der Waals surface area (Å²) in [7, 11) is -2.17. The first-order valence-corrected chi connectivity index (χ1v) is 3.10. The second-order valence-electron chi connectivity index (χ2n) is 1.93. The van der Waals surface area contributed by atoms with Gasteiger partial charge in [0, 0.05) is 0 Å². The Bertz CT molecular complexity index is 179. The molecule has 0 aliphatic carbocycles. The van der Waals surface area contributed by atoms with E-state index < -0.39 is 7.32 Å². The van der Waals surface area contributed by atoms with Gasteiger partial charge in [0.05, 0.1) is 0 Å². The van der Waals surface area contributed by atoms with Crippen molar-refractivity contribution in [3.05, 3.63) is 35.9 Å². The van der Waals surface area contributed by atoms with Crippen molar-refractivity contribution in [3.63, 3.8) is 0 Å². The number of hydrogen-bond acceptors (Lipinski definition) is 3. The summed E-state index contributed by atoms with van der Waals surface area (Å²) in [5.74, 6) is 0. The molecule has 0 radical (unpaired) electrons. The monoisotopic (exact) mass is 160 g/mol. The van der Waals surface area contributed by atoms with Crippen LogP contribution in [0, 0.1) is 13.0 Å². The largest absolute Gasteiger partial charge is 1.00 e. The van der Waals surface area contributed by atoms with Crippen LogP contribution in [0.4, 0.5) is 0 Å². The third-order valence-electron chi connectivity index (χ3n) is 0.863. The molecule has 1 rings (SSSR count). The van der Waals surface area contributed by atoms with Crippen molar-refractivity contribution >= 4 is 7.32 Å². The Kier molecular flexibility index (Phi) is 10.5. The van der Waals surface area contributed by atoms with Crippen LogP contribution < -0.4 is 18.9 Å². The molecule has 12 heavy (non-hydrogen) atoms. The van der Waals surface area contributed by atoms with Crippen molar-refractivity contribution < 1.29 is 33.9 Å². The van der Waals surface area contributed by atoms with Gasteiger partial charge in [0.25, 0.3) is 0 Å². The van der Waals surface area contributed by atoms with E-state index in [2.05, 4.69) is 19.1 Å². The predicted octanol–water partition coefficient (Wildman–Crippen LogP) is -3.25. The van der Waals surface area contributed by atoms with Crippen LogP contribution >= 0.6 is 0 Å². The van der Waals surface area contributed by atoms with E-state index in [-0.39, 0.29) is 18.9 Å². The van der Waals surface area contributed by atoms with Gasteiger partial charge >= 0.3 is 26.2 Å². The predicted molar refractivity (Wildman–Crippen MR) is 42.4 cm³/mol. The van der Waals surface area contributed by atoms with Crippen molar-refractivity contribution in [1.29, 1.82) is 0 Å². The van der Waals surface area contributed by atoms with Gasteiger partial charge in [-0.1, -0.05) is 6.92 Å². The Morgan fingerprint density at radius 1 is 1.33 bits per heavy atom. The average Bonchev–Trinajstić information content (AvgIpc) is 1.87. The third kappa shape index (κ3) is 12.4. The topological polar surface area (TPSA) is 60.7 Å². The fourth-order valence-electron chi connectivity index (χ4n) is 0.483. The zero-order valence-electron chi connectivity index (χ0n) is 7.23. The van der Waals surface area contributed by atoms with E-state index in [1.807, 2.05) is 18.2 Å². The van der Waals surface area contributed by atoms with E-state index in [1.165, 1.54) is 5.56 Å². The zero-order chi connectivity index (χ0) is 8.69. The second kappa shape index (κ2) is 8.86. The van der Waals surface area contributed by atoms with Crippen LogP contribution in [0.1, 0.15) is 5.56 Å². The van der Waals surface area contributed by atoms with Crippen LogP contribution in [0.15, 0.2) is 24.3 Å². The molecule has 0 spiro atoms. The molecule has 60 valence electrons. The summed E-state index contributed by atoms with van der Waals surface area (Å²) in [5, 5.41) is 21.5. The molecule has 0 heterocycles. The minimum absolute atomic E-state index is 0. The Hall–Kier alpha value is -0.238. The van der Waals surface area contributed by atoms with Crippen LogP contribution in [0.5, 0.6) is 0 Å². The molecule has 0 saturated carbocycles. The van der Waals surface area contributed by atoms with Gasteiger partial charge in [-0.05, 0) is 0 Å². The maximum absolute atomic E-state index is 7.17. The molecule has 1 aromatic carbocycles. The molecular weight excluding hydrogens is 150 g/mol. The molecule has 0 aliphatic rings. The van der Waals surface area contributed by atoms with Gasteiger partial charge in [-0.25, -0.2) is 0 Å². The van der Waals surface area contributed by atoms with E-state index in [0.29, 0.717) is 0 Å². The summed E-state index contributed by atoms with van der Waals surface area (Å²) in [5.41, 5.74) is 1.27. The quantitative estimate of drug-likeness (QED) is 0.276. The van der Waals surface area contributed by atoms with Crippen molar-refractivity contribution in [1.82, 2.24) is 0 Å². The normalized spacial score (nSPS) is 7.33. The number of aryl methyl sites for hydroxylation is 1. The Morgan fingerprint density at radius 2 is 1.83 bits per heavy atom. The zero-order valence-corrected chi connectivity index (χ0v) is 7.23. The first-order chi connectivity index (χ1) is 5.13. The average molecular weight is 160 g/mol. The van der Waals surface area contributed by atoms with Gasteiger partial charge in [-0.3, -0.25) is 0 Å². The van der Waals surface area contributed by atoms with Crippen LogP contribution in [0.3, 0.4) is 0 Å². The fourth-order valence-corrected chi connectivity index (χ4v) is 0.483. The standard InChI is InChI=1S/C7H7.BH3O3.Li/c1-7-5-3-2-4-6-7;2-1(3)4;/h2-3,5-6H,1H3;2-4H;/q-1;;+1. The maximum atomic E-state index is 7.17. The Labute approximate surface area is 84.4 Å².